The van der Waals surface area contributed by atoms with Gasteiger partial charge < -0.3 is 4.74 Å². The van der Waals surface area contributed by atoms with E-state index in [2.05, 4.69) is 20.8 Å². The van der Waals surface area contributed by atoms with Crippen LogP contribution in [0.2, 0.25) is 0 Å². The smallest absolute Gasteiger partial charge is 0.308 e. The summed E-state index contributed by atoms with van der Waals surface area (Å²) < 4.78 is 4.71. The third-order valence-electron chi connectivity index (χ3n) is 3.44. The zero-order chi connectivity index (χ0) is 12.6. The quantitative estimate of drug-likeness (QED) is 0.586. The predicted molar refractivity (Wildman–Crippen MR) is 68.3 cm³/mol. The maximum absolute atomic E-state index is 11.2. The number of methoxy groups -OCH3 is 1. The average molecular weight is 228 g/mol. The van der Waals surface area contributed by atoms with Crippen LogP contribution in [0.25, 0.3) is 0 Å². The molecule has 3 atom stereocenters. The van der Waals surface area contributed by atoms with E-state index in [0.717, 1.165) is 24.7 Å². The maximum Gasteiger partial charge on any atom is 0.308 e. The standard InChI is InChI=1S/C14H28O2/c1-6-11(2)10-12(3)8-7-9-13(4)14(15)16-5/h11-13H,6-10H2,1-5H3. The molecule has 0 bridgehead atoms. The average Bonchev–Trinajstić information content (AvgIpc) is 2.27. The molecule has 0 spiro atoms. The molecule has 0 N–H and O–H groups in total. The second-order valence-corrected chi connectivity index (χ2v) is 5.21. The van der Waals surface area contributed by atoms with Crippen LogP contribution >= 0.6 is 0 Å². The molecule has 2 heteroatoms. The zero-order valence-electron chi connectivity index (χ0n) is 11.6. The topological polar surface area (TPSA) is 26.3 Å². The van der Waals surface area contributed by atoms with Gasteiger partial charge in [0.05, 0.1) is 13.0 Å². The SMILES string of the molecule is CCC(C)CC(C)CCCC(C)C(=O)OC. The van der Waals surface area contributed by atoms with E-state index in [1.54, 1.807) is 0 Å². The lowest BCUT2D eigenvalue weighted by molar-refractivity contribution is -0.145. The highest BCUT2D eigenvalue weighted by atomic mass is 16.5. The van der Waals surface area contributed by atoms with E-state index in [9.17, 15) is 4.79 Å². The molecule has 0 aromatic rings. The van der Waals surface area contributed by atoms with Gasteiger partial charge >= 0.3 is 5.97 Å². The van der Waals surface area contributed by atoms with Gasteiger partial charge in [-0.3, -0.25) is 4.79 Å². The molecule has 0 aromatic carbocycles. The summed E-state index contributed by atoms with van der Waals surface area (Å²) >= 11 is 0. The summed E-state index contributed by atoms with van der Waals surface area (Å²) in [5.74, 6) is 1.59. The Balaban J connectivity index is 3.61. The monoisotopic (exact) mass is 228 g/mol. The van der Waals surface area contributed by atoms with Crippen molar-refractivity contribution in [3.63, 3.8) is 0 Å². The summed E-state index contributed by atoms with van der Waals surface area (Å²) in [7, 11) is 1.46. The molecule has 0 aliphatic rings. The molecule has 3 unspecified atom stereocenters. The second-order valence-electron chi connectivity index (χ2n) is 5.21. The minimum absolute atomic E-state index is 0.0563. The zero-order valence-corrected chi connectivity index (χ0v) is 11.6. The molecule has 0 fully saturated rings. The Morgan fingerprint density at radius 1 is 1.12 bits per heavy atom. The minimum atomic E-state index is -0.0745. The Labute approximate surface area is 101 Å². The van der Waals surface area contributed by atoms with Crippen LogP contribution in [0, 0.1) is 17.8 Å². The number of esters is 1. The van der Waals surface area contributed by atoms with E-state index in [-0.39, 0.29) is 11.9 Å². The molecule has 16 heavy (non-hydrogen) atoms. The van der Waals surface area contributed by atoms with E-state index in [4.69, 9.17) is 4.74 Å². The number of rotatable bonds is 8. The third kappa shape index (κ3) is 6.86. The Kier molecular flexibility index (Phi) is 8.32. The van der Waals surface area contributed by atoms with Crippen LogP contribution in [0.3, 0.4) is 0 Å². The van der Waals surface area contributed by atoms with Crippen molar-refractivity contribution in [2.45, 2.75) is 59.8 Å². The maximum atomic E-state index is 11.2. The first-order valence-electron chi connectivity index (χ1n) is 6.59. The minimum Gasteiger partial charge on any atom is -0.469 e. The van der Waals surface area contributed by atoms with Crippen LogP contribution < -0.4 is 0 Å². The first-order valence-corrected chi connectivity index (χ1v) is 6.59. The Bertz CT molecular complexity index is 189. The highest BCUT2D eigenvalue weighted by Gasteiger charge is 2.13. The lowest BCUT2D eigenvalue weighted by Gasteiger charge is -2.16. The van der Waals surface area contributed by atoms with E-state index in [0.29, 0.717) is 0 Å². The first kappa shape index (κ1) is 15.5. The van der Waals surface area contributed by atoms with Gasteiger partial charge in [0.1, 0.15) is 0 Å². The van der Waals surface area contributed by atoms with Gasteiger partial charge in [0.15, 0.2) is 0 Å². The largest absolute Gasteiger partial charge is 0.469 e. The second kappa shape index (κ2) is 8.60. The number of ether oxygens (including phenoxy) is 1. The van der Waals surface area contributed by atoms with Crippen molar-refractivity contribution in [2.24, 2.45) is 17.8 Å². The fraction of sp³-hybridized carbons (Fsp3) is 0.929. The van der Waals surface area contributed by atoms with Crippen LogP contribution in [-0.2, 0) is 9.53 Å². The molecule has 96 valence electrons. The highest BCUT2D eigenvalue weighted by Crippen LogP contribution is 2.21. The van der Waals surface area contributed by atoms with Gasteiger partial charge in [-0.05, 0) is 24.7 Å². The lowest BCUT2D eigenvalue weighted by atomic mass is 9.90. The summed E-state index contributed by atoms with van der Waals surface area (Å²) in [5, 5.41) is 0. The van der Waals surface area contributed by atoms with Crippen molar-refractivity contribution < 1.29 is 9.53 Å². The Hall–Kier alpha value is -0.530. The molecule has 0 amide bonds. The van der Waals surface area contributed by atoms with Crippen molar-refractivity contribution in [1.82, 2.24) is 0 Å². The van der Waals surface area contributed by atoms with Gasteiger partial charge in [0.2, 0.25) is 0 Å². The lowest BCUT2D eigenvalue weighted by Crippen LogP contribution is -2.13. The van der Waals surface area contributed by atoms with E-state index < -0.39 is 0 Å². The van der Waals surface area contributed by atoms with E-state index in [1.165, 1.54) is 26.4 Å². The predicted octanol–water partition coefficient (Wildman–Crippen LogP) is 4.04. The van der Waals surface area contributed by atoms with Crippen molar-refractivity contribution in [3.05, 3.63) is 0 Å². The Morgan fingerprint density at radius 2 is 1.75 bits per heavy atom. The molecule has 0 aromatic heterocycles. The highest BCUT2D eigenvalue weighted by molar-refractivity contribution is 5.71. The van der Waals surface area contributed by atoms with Crippen molar-refractivity contribution in [3.8, 4) is 0 Å². The molecule has 0 saturated heterocycles. The van der Waals surface area contributed by atoms with Crippen LogP contribution in [-0.4, -0.2) is 13.1 Å². The van der Waals surface area contributed by atoms with Crippen LogP contribution in [0.4, 0.5) is 0 Å². The van der Waals surface area contributed by atoms with Gasteiger partial charge in [-0.15, -0.1) is 0 Å². The van der Waals surface area contributed by atoms with Gasteiger partial charge in [-0.25, -0.2) is 0 Å². The number of hydrogen-bond donors (Lipinski definition) is 0. The number of carbonyl (C=O) groups is 1. The van der Waals surface area contributed by atoms with Crippen molar-refractivity contribution >= 4 is 5.97 Å². The molecule has 0 aliphatic carbocycles. The molecular formula is C14H28O2. The van der Waals surface area contributed by atoms with E-state index >= 15 is 0 Å². The molecule has 0 saturated carbocycles. The Morgan fingerprint density at radius 3 is 2.25 bits per heavy atom. The van der Waals surface area contributed by atoms with Gasteiger partial charge in [-0.2, -0.15) is 0 Å². The first-order chi connectivity index (χ1) is 7.51. The fourth-order valence-electron chi connectivity index (χ4n) is 2.06. The summed E-state index contributed by atoms with van der Waals surface area (Å²) in [5.41, 5.74) is 0. The fourth-order valence-corrected chi connectivity index (χ4v) is 2.06. The van der Waals surface area contributed by atoms with Crippen LogP contribution in [0.5, 0.6) is 0 Å². The summed E-state index contributed by atoms with van der Waals surface area (Å²) in [6, 6.07) is 0. The summed E-state index contributed by atoms with van der Waals surface area (Å²) in [6.45, 7) is 8.82. The molecule has 0 radical (unpaired) electrons. The van der Waals surface area contributed by atoms with Crippen molar-refractivity contribution in [1.29, 1.82) is 0 Å². The van der Waals surface area contributed by atoms with Crippen LogP contribution in [0.15, 0.2) is 0 Å². The van der Waals surface area contributed by atoms with Crippen LogP contribution in [0.1, 0.15) is 59.8 Å². The summed E-state index contributed by atoms with van der Waals surface area (Å²) in [4.78, 5) is 11.2. The third-order valence-corrected chi connectivity index (χ3v) is 3.44. The number of carbonyl (C=O) groups excluding carboxylic acids is 1. The molecule has 0 rings (SSSR count). The molecule has 0 heterocycles. The molecule has 2 nitrogen and oxygen atoms in total. The molecular weight excluding hydrogens is 200 g/mol. The summed E-state index contributed by atoms with van der Waals surface area (Å²) in [6.07, 6.45) is 5.89. The normalized spacial score (nSPS) is 16.6. The van der Waals surface area contributed by atoms with Crippen molar-refractivity contribution in [2.75, 3.05) is 7.11 Å². The van der Waals surface area contributed by atoms with E-state index in [1.807, 2.05) is 6.92 Å². The molecule has 0 aliphatic heterocycles. The van der Waals surface area contributed by atoms with Gasteiger partial charge in [0, 0.05) is 0 Å². The van der Waals surface area contributed by atoms with Gasteiger partial charge in [0.25, 0.3) is 0 Å². The van der Waals surface area contributed by atoms with Gasteiger partial charge in [-0.1, -0.05) is 47.0 Å². The number of hydrogen-bond acceptors (Lipinski definition) is 2.